The van der Waals surface area contributed by atoms with Crippen molar-refractivity contribution in [3.8, 4) is 11.1 Å². The van der Waals surface area contributed by atoms with Gasteiger partial charge in [0.2, 0.25) is 0 Å². The van der Waals surface area contributed by atoms with Crippen LogP contribution in [0.3, 0.4) is 0 Å². The summed E-state index contributed by atoms with van der Waals surface area (Å²) in [5.41, 5.74) is 12.6. The van der Waals surface area contributed by atoms with Gasteiger partial charge in [-0.15, -0.1) is 0 Å². The Kier molecular flexibility index (Phi) is 10.0. The van der Waals surface area contributed by atoms with E-state index in [0.29, 0.717) is 0 Å². The topological polar surface area (TPSA) is 6.48 Å². The highest BCUT2D eigenvalue weighted by Crippen LogP contribution is 2.74. The van der Waals surface area contributed by atoms with Crippen molar-refractivity contribution in [2.24, 2.45) is 0 Å². The Hall–Kier alpha value is -0.240. The number of benzene rings is 2. The van der Waals surface area contributed by atoms with E-state index in [0.717, 1.165) is 45.3 Å². The Bertz CT molecular complexity index is 1010. The molecule has 6 heteroatoms. The van der Waals surface area contributed by atoms with Gasteiger partial charge in [0.05, 0.1) is 0 Å². The van der Waals surface area contributed by atoms with E-state index in [4.69, 9.17) is 0 Å². The molecule has 6 rings (SSSR count). The van der Waals surface area contributed by atoms with Gasteiger partial charge in [-0.3, -0.25) is 0 Å². The highest BCUT2D eigenvalue weighted by atomic mass is 31.2. The molecule has 0 bridgehead atoms. The number of hydrogen-bond acceptors (Lipinski definition) is 2. The molecule has 0 aliphatic carbocycles. The Balaban J connectivity index is 1.28. The Morgan fingerprint density at radius 3 is 0.738 bits per heavy atom. The summed E-state index contributed by atoms with van der Waals surface area (Å²) >= 11 is 0. The van der Waals surface area contributed by atoms with E-state index in [-0.39, 0.29) is 32.3 Å². The lowest BCUT2D eigenvalue weighted by Gasteiger charge is -2.44. The first-order valence-electron chi connectivity index (χ1n) is 17.1. The predicted octanol–water partition coefficient (Wildman–Crippen LogP) is 12.8. The van der Waals surface area contributed by atoms with E-state index in [9.17, 15) is 0 Å². The number of nitrogens with zero attached hydrogens (tertiary/aromatic N) is 2. The number of anilines is 2. The van der Waals surface area contributed by atoms with Gasteiger partial charge in [-0.2, -0.15) is 0 Å². The van der Waals surface area contributed by atoms with Crippen molar-refractivity contribution in [3.63, 3.8) is 0 Å². The van der Waals surface area contributed by atoms with Crippen molar-refractivity contribution in [2.75, 3.05) is 8.88 Å². The molecule has 42 heavy (non-hydrogen) atoms. The lowest BCUT2D eigenvalue weighted by molar-refractivity contribution is 0.777. The second-order valence-electron chi connectivity index (χ2n) is 14.3. The number of hydrogen-bond donors (Lipinski definition) is 0. The third kappa shape index (κ3) is 6.00. The molecule has 0 radical (unpaired) electrons. The molecule has 0 N–H and O–H groups in total. The van der Waals surface area contributed by atoms with Crippen LogP contribution in [0.25, 0.3) is 11.1 Å². The van der Waals surface area contributed by atoms with Crippen molar-refractivity contribution in [1.82, 2.24) is 0 Å². The van der Waals surface area contributed by atoms with E-state index in [1.54, 1.807) is 0 Å². The Morgan fingerprint density at radius 1 is 0.357 bits per heavy atom. The Labute approximate surface area is 263 Å². The van der Waals surface area contributed by atoms with E-state index >= 15 is 0 Å². The maximum atomic E-state index is 3.04. The molecular weight excluding hydrogens is 584 g/mol. The van der Waals surface area contributed by atoms with Gasteiger partial charge in [0.15, 0.2) is 0 Å². The van der Waals surface area contributed by atoms with Gasteiger partial charge >= 0.3 is 0 Å². The van der Waals surface area contributed by atoms with Crippen LogP contribution in [0.15, 0.2) is 48.5 Å². The predicted molar refractivity (Wildman–Crippen MR) is 197 cm³/mol. The summed E-state index contributed by atoms with van der Waals surface area (Å²) in [7, 11) is -0.445. The van der Waals surface area contributed by atoms with Crippen molar-refractivity contribution in [1.29, 1.82) is 0 Å². The van der Waals surface area contributed by atoms with Gasteiger partial charge < -0.3 is 8.88 Å². The molecule has 2 aromatic carbocycles. The van der Waals surface area contributed by atoms with E-state index in [1.807, 2.05) is 0 Å². The standard InChI is InChI=1S/C36H56N2P4/c1-25-9-10-26(2)39(25)37(40-27(3)11-12-28(40)4)35-21-17-33(18-22-35)34-19-23-36(24-20-34)38(41-29(5)13-14-30(41)6)42-31(7)15-16-32(42)8/h17-32H,9-16H2,1-8H3/t25-,26-,27-,28-,29-,30-,31-,32-/m0/s1. The van der Waals surface area contributed by atoms with Crippen LogP contribution in [0, 0.1) is 0 Å². The summed E-state index contributed by atoms with van der Waals surface area (Å²) in [5.74, 6) is 0. The van der Waals surface area contributed by atoms with Crippen LogP contribution in [0.5, 0.6) is 0 Å². The molecule has 0 aromatic heterocycles. The molecule has 4 aliphatic rings. The molecular formula is C36H56N2P4. The summed E-state index contributed by atoms with van der Waals surface area (Å²) in [6, 6.07) is 19.7. The van der Waals surface area contributed by atoms with Crippen LogP contribution >= 0.6 is 32.3 Å². The van der Waals surface area contributed by atoms with Crippen molar-refractivity contribution >= 4 is 43.7 Å². The molecule has 0 amide bonds. The zero-order valence-electron chi connectivity index (χ0n) is 27.6. The molecule has 230 valence electrons. The molecule has 2 aromatic rings. The fourth-order valence-electron chi connectivity index (χ4n) is 8.57. The average Bonchev–Trinajstić information content (AvgIpc) is 3.71. The van der Waals surface area contributed by atoms with Crippen molar-refractivity contribution in [2.45, 2.75) is 152 Å². The van der Waals surface area contributed by atoms with Crippen molar-refractivity contribution in [3.05, 3.63) is 48.5 Å². The molecule has 4 aliphatic heterocycles. The summed E-state index contributed by atoms with van der Waals surface area (Å²) in [6.07, 6.45) is 11.3. The molecule has 0 spiro atoms. The minimum absolute atomic E-state index is 0.111. The van der Waals surface area contributed by atoms with Gasteiger partial charge in [-0.05, 0) is 132 Å². The largest absolute Gasteiger partial charge is 0.328 e. The SMILES string of the molecule is C[C@H]1CC[C@H](C)P1N(c1ccc(-c2ccc(N(P3[C@@H](C)CC[C@@H]3C)P3[C@@H](C)CC[C@@H]3C)cc2)cc1)P1[C@@H](C)CC[C@@H]1C. The van der Waals surface area contributed by atoms with Gasteiger partial charge in [0.25, 0.3) is 0 Å². The molecule has 4 heterocycles. The second-order valence-corrected chi connectivity index (χ2v) is 26.6. The fraction of sp³-hybridized carbons (Fsp3) is 0.667. The van der Waals surface area contributed by atoms with E-state index in [1.165, 1.54) is 73.9 Å². The van der Waals surface area contributed by atoms with Crippen LogP contribution in [-0.2, 0) is 0 Å². The first kappa shape index (κ1) is 31.7. The summed E-state index contributed by atoms with van der Waals surface area (Å²) in [5, 5.41) is 0. The lowest BCUT2D eigenvalue weighted by Crippen LogP contribution is -2.23. The van der Waals surface area contributed by atoms with Crippen LogP contribution in [0.4, 0.5) is 11.4 Å². The zero-order valence-corrected chi connectivity index (χ0v) is 31.2. The summed E-state index contributed by atoms with van der Waals surface area (Å²) in [4.78, 5) is 0. The second kappa shape index (κ2) is 13.2. The maximum Gasteiger partial charge on any atom is 0.0434 e. The molecule has 0 saturated carbocycles. The third-order valence-corrected chi connectivity index (χ3v) is 25.5. The summed E-state index contributed by atoms with van der Waals surface area (Å²) in [6.45, 7) is 20.4. The van der Waals surface area contributed by atoms with Crippen LogP contribution in [-0.4, -0.2) is 45.3 Å². The van der Waals surface area contributed by atoms with E-state index in [2.05, 4.69) is 113 Å². The number of rotatable bonds is 7. The van der Waals surface area contributed by atoms with Gasteiger partial charge in [-0.1, -0.05) is 79.7 Å². The van der Waals surface area contributed by atoms with Gasteiger partial charge in [-0.25, -0.2) is 0 Å². The minimum atomic E-state index is -0.111. The molecule has 0 unspecified atom stereocenters. The van der Waals surface area contributed by atoms with Crippen LogP contribution < -0.4 is 8.88 Å². The Morgan fingerprint density at radius 2 is 0.548 bits per heavy atom. The van der Waals surface area contributed by atoms with Gasteiger partial charge in [0, 0.05) is 43.7 Å². The third-order valence-electron chi connectivity index (χ3n) is 11.0. The van der Waals surface area contributed by atoms with E-state index < -0.39 is 0 Å². The monoisotopic (exact) mass is 640 g/mol. The maximum absolute atomic E-state index is 3.04. The van der Waals surface area contributed by atoms with Crippen LogP contribution in [0.2, 0.25) is 0 Å². The zero-order chi connectivity index (χ0) is 29.7. The highest BCUT2D eigenvalue weighted by molar-refractivity contribution is 7.79. The quantitative estimate of drug-likeness (QED) is 0.278. The smallest absolute Gasteiger partial charge is 0.0434 e. The first-order chi connectivity index (χ1) is 20.2. The molecule has 2 nitrogen and oxygen atoms in total. The van der Waals surface area contributed by atoms with Crippen molar-refractivity contribution < 1.29 is 0 Å². The molecule has 8 atom stereocenters. The molecule has 4 saturated heterocycles. The first-order valence-corrected chi connectivity index (χ1v) is 22.8. The van der Waals surface area contributed by atoms with Crippen LogP contribution in [0.1, 0.15) is 107 Å². The van der Waals surface area contributed by atoms with Gasteiger partial charge in [0.1, 0.15) is 0 Å². The normalized spacial score (nSPS) is 35.0. The summed E-state index contributed by atoms with van der Waals surface area (Å²) < 4.78 is 6.08. The fourth-order valence-corrected chi connectivity index (χ4v) is 26.1. The average molecular weight is 641 g/mol. The minimum Gasteiger partial charge on any atom is -0.328 e. The highest BCUT2D eigenvalue weighted by Gasteiger charge is 2.45. The molecule has 4 fully saturated rings. The lowest BCUT2D eigenvalue weighted by atomic mass is 10.1.